The van der Waals surface area contributed by atoms with Crippen LogP contribution >= 0.6 is 0 Å². The number of ketones is 2. The van der Waals surface area contributed by atoms with Gasteiger partial charge >= 0.3 is 0 Å². The zero-order valence-corrected chi connectivity index (χ0v) is 17.6. The molecule has 5 nitrogen and oxygen atoms in total. The van der Waals surface area contributed by atoms with Gasteiger partial charge in [-0.15, -0.1) is 0 Å². The van der Waals surface area contributed by atoms with E-state index in [1.165, 1.54) is 0 Å². The predicted molar refractivity (Wildman–Crippen MR) is 121 cm³/mol. The molecule has 1 N–H and O–H groups in total. The molecule has 6 rings (SSSR count). The molecule has 5 heteroatoms. The highest BCUT2D eigenvalue weighted by Gasteiger charge is 2.46. The van der Waals surface area contributed by atoms with Crippen LogP contribution in [0.25, 0.3) is 11.4 Å². The van der Waals surface area contributed by atoms with Gasteiger partial charge in [-0.2, -0.15) is 0 Å². The fraction of sp³-hybridized carbons (Fsp3) is 0.111. The third-order valence-electron chi connectivity index (χ3n) is 6.48. The molecule has 0 bridgehead atoms. The lowest BCUT2D eigenvalue weighted by atomic mass is 9.79. The second-order valence-electron chi connectivity index (χ2n) is 8.00. The zero-order valence-electron chi connectivity index (χ0n) is 17.6. The quantitative estimate of drug-likeness (QED) is 0.669. The number of ether oxygens (including phenoxy) is 2. The van der Waals surface area contributed by atoms with E-state index in [-0.39, 0.29) is 11.6 Å². The lowest BCUT2D eigenvalue weighted by Crippen LogP contribution is -2.25. The van der Waals surface area contributed by atoms with Crippen molar-refractivity contribution in [1.82, 2.24) is 5.32 Å². The average molecular weight is 421 g/mol. The molecule has 0 amide bonds. The van der Waals surface area contributed by atoms with Crippen LogP contribution in [0.1, 0.15) is 43.3 Å². The number of fused-ring (bicyclic) bond motifs is 4. The van der Waals surface area contributed by atoms with Crippen LogP contribution in [0.5, 0.6) is 11.5 Å². The highest BCUT2D eigenvalue weighted by molar-refractivity contribution is 6.29. The average Bonchev–Trinajstić information content (AvgIpc) is 3.29. The molecule has 2 aliphatic carbocycles. The molecule has 0 unspecified atom stereocenters. The van der Waals surface area contributed by atoms with Gasteiger partial charge in [-0.05, 0) is 17.7 Å². The van der Waals surface area contributed by atoms with E-state index in [9.17, 15) is 9.59 Å². The van der Waals surface area contributed by atoms with Crippen molar-refractivity contribution in [2.24, 2.45) is 0 Å². The van der Waals surface area contributed by atoms with Gasteiger partial charge in [0, 0.05) is 39.3 Å². The number of carbonyl (C=O) groups is 2. The second kappa shape index (κ2) is 6.69. The van der Waals surface area contributed by atoms with Gasteiger partial charge in [-0.1, -0.05) is 54.6 Å². The summed E-state index contributed by atoms with van der Waals surface area (Å²) in [6.45, 7) is 0. The molecule has 0 aromatic heterocycles. The van der Waals surface area contributed by atoms with Crippen LogP contribution in [-0.2, 0) is 0 Å². The van der Waals surface area contributed by atoms with Crippen LogP contribution in [0.15, 0.2) is 77.9 Å². The van der Waals surface area contributed by atoms with Crippen molar-refractivity contribution >= 4 is 23.0 Å². The molecule has 0 spiro atoms. The number of nitrogens with one attached hydrogen (secondary N) is 1. The molecule has 156 valence electrons. The maximum absolute atomic E-state index is 13.6. The predicted octanol–water partition coefficient (Wildman–Crippen LogP) is 4.61. The molecule has 3 aromatic rings. The summed E-state index contributed by atoms with van der Waals surface area (Å²) in [7, 11) is 3.16. The lowest BCUT2D eigenvalue weighted by Gasteiger charge is -2.28. The molecule has 0 radical (unpaired) electrons. The largest absolute Gasteiger partial charge is 0.493 e. The summed E-state index contributed by atoms with van der Waals surface area (Å²) in [5.41, 5.74) is 6.57. The Morgan fingerprint density at radius 3 is 1.66 bits per heavy atom. The zero-order chi connectivity index (χ0) is 22.0. The minimum Gasteiger partial charge on any atom is -0.493 e. The molecule has 3 aromatic carbocycles. The fourth-order valence-electron chi connectivity index (χ4n) is 5.06. The van der Waals surface area contributed by atoms with Gasteiger partial charge in [0.2, 0.25) is 0 Å². The summed E-state index contributed by atoms with van der Waals surface area (Å²) in [4.78, 5) is 27.1. The van der Waals surface area contributed by atoms with E-state index in [1.807, 2.05) is 66.7 Å². The summed E-state index contributed by atoms with van der Waals surface area (Å²) >= 11 is 0. The number of Topliss-reactive ketones (excluding diaryl/α,β-unsaturated/α-hetero) is 2. The highest BCUT2D eigenvalue weighted by Crippen LogP contribution is 2.52. The van der Waals surface area contributed by atoms with Crippen LogP contribution in [-0.4, -0.2) is 25.8 Å². The molecule has 32 heavy (non-hydrogen) atoms. The first-order chi connectivity index (χ1) is 15.6. The number of benzene rings is 3. The number of hydrogen-bond acceptors (Lipinski definition) is 5. The Hall–Kier alpha value is -4.12. The van der Waals surface area contributed by atoms with Gasteiger partial charge in [-0.3, -0.25) is 9.59 Å². The van der Waals surface area contributed by atoms with Crippen LogP contribution in [0, 0.1) is 0 Å². The van der Waals surface area contributed by atoms with Crippen molar-refractivity contribution in [2.45, 2.75) is 5.92 Å². The normalized spacial score (nSPS) is 16.4. The van der Waals surface area contributed by atoms with E-state index in [0.29, 0.717) is 33.8 Å². The van der Waals surface area contributed by atoms with Crippen molar-refractivity contribution in [3.8, 4) is 11.5 Å². The van der Waals surface area contributed by atoms with Gasteiger partial charge in [0.15, 0.2) is 23.1 Å². The Kier molecular flexibility index (Phi) is 3.89. The van der Waals surface area contributed by atoms with E-state index >= 15 is 0 Å². The summed E-state index contributed by atoms with van der Waals surface area (Å²) < 4.78 is 10.9. The Bertz CT molecular complexity index is 1330. The maximum Gasteiger partial charge on any atom is 0.192 e. The van der Waals surface area contributed by atoms with E-state index in [1.54, 1.807) is 14.2 Å². The van der Waals surface area contributed by atoms with Crippen LogP contribution in [0.3, 0.4) is 0 Å². The number of rotatable bonds is 3. The van der Waals surface area contributed by atoms with Gasteiger partial charge in [0.05, 0.1) is 25.6 Å². The minimum absolute atomic E-state index is 0.0572. The van der Waals surface area contributed by atoms with Crippen molar-refractivity contribution in [3.05, 3.63) is 106 Å². The first-order valence-corrected chi connectivity index (χ1v) is 10.4. The third kappa shape index (κ3) is 2.33. The molecule has 0 saturated heterocycles. The van der Waals surface area contributed by atoms with Gasteiger partial charge in [0.1, 0.15) is 0 Å². The SMILES string of the molecule is COc1ccc(C2C3=C(NC4=C2C(=O)c2ccccc24)c2ccccc2C3=O)cc1OC. The number of hydrogen-bond donors (Lipinski definition) is 1. The van der Waals surface area contributed by atoms with Crippen molar-refractivity contribution in [1.29, 1.82) is 0 Å². The monoisotopic (exact) mass is 421 g/mol. The van der Waals surface area contributed by atoms with Gasteiger partial charge in [-0.25, -0.2) is 0 Å². The van der Waals surface area contributed by atoms with Crippen molar-refractivity contribution in [2.75, 3.05) is 14.2 Å². The van der Waals surface area contributed by atoms with E-state index in [0.717, 1.165) is 28.1 Å². The first kappa shape index (κ1) is 18.6. The molecule has 0 atom stereocenters. The standard InChI is InChI=1S/C27H19NO4/c1-31-19-12-11-14(13-20(19)32-2)21-22-24(15-7-3-5-9-17(15)26(22)29)28-25-16-8-4-6-10-18(16)27(30)23(21)25/h3-13,21,28H,1-2H3. The summed E-state index contributed by atoms with van der Waals surface area (Å²) in [5, 5.41) is 3.46. The Morgan fingerprint density at radius 1 is 0.656 bits per heavy atom. The van der Waals surface area contributed by atoms with E-state index < -0.39 is 5.92 Å². The third-order valence-corrected chi connectivity index (χ3v) is 6.48. The van der Waals surface area contributed by atoms with Crippen molar-refractivity contribution in [3.63, 3.8) is 0 Å². The number of dihydropyridines is 1. The summed E-state index contributed by atoms with van der Waals surface area (Å²) in [6.07, 6.45) is 0. The molecule has 3 aliphatic rings. The lowest BCUT2D eigenvalue weighted by molar-refractivity contribution is 0.102. The Balaban J connectivity index is 1.62. The molecule has 1 heterocycles. The number of carbonyl (C=O) groups excluding carboxylic acids is 2. The maximum atomic E-state index is 13.6. The smallest absolute Gasteiger partial charge is 0.192 e. The Morgan fingerprint density at radius 2 is 1.16 bits per heavy atom. The topological polar surface area (TPSA) is 64.6 Å². The Labute approximate surface area is 185 Å². The van der Waals surface area contributed by atoms with Crippen LogP contribution < -0.4 is 14.8 Å². The summed E-state index contributed by atoms with van der Waals surface area (Å²) in [5.74, 6) is 0.520. The van der Waals surface area contributed by atoms with Crippen LogP contribution in [0.4, 0.5) is 0 Å². The van der Waals surface area contributed by atoms with E-state index in [4.69, 9.17) is 9.47 Å². The number of allylic oxidation sites excluding steroid dienone is 2. The summed E-state index contributed by atoms with van der Waals surface area (Å²) in [6, 6.07) is 20.7. The molecule has 1 aliphatic heterocycles. The van der Waals surface area contributed by atoms with Crippen LogP contribution in [0.2, 0.25) is 0 Å². The minimum atomic E-state index is -0.513. The molecule has 0 fully saturated rings. The molecule has 0 saturated carbocycles. The molecular formula is C27H19NO4. The van der Waals surface area contributed by atoms with Crippen molar-refractivity contribution < 1.29 is 19.1 Å². The van der Waals surface area contributed by atoms with Gasteiger partial charge < -0.3 is 14.8 Å². The fourth-order valence-corrected chi connectivity index (χ4v) is 5.06. The second-order valence-corrected chi connectivity index (χ2v) is 8.00. The van der Waals surface area contributed by atoms with E-state index in [2.05, 4.69) is 5.32 Å². The number of methoxy groups -OCH3 is 2. The first-order valence-electron chi connectivity index (χ1n) is 10.4. The van der Waals surface area contributed by atoms with Gasteiger partial charge in [0.25, 0.3) is 0 Å². The molecular weight excluding hydrogens is 402 g/mol. The highest BCUT2D eigenvalue weighted by atomic mass is 16.5.